The predicted octanol–water partition coefficient (Wildman–Crippen LogP) is 4.46. The van der Waals surface area contributed by atoms with Crippen molar-refractivity contribution in [3.8, 4) is 10.4 Å². The van der Waals surface area contributed by atoms with Crippen LogP contribution in [0.2, 0.25) is 0 Å². The zero-order valence-corrected chi connectivity index (χ0v) is 12.6. The number of rotatable bonds is 4. The molecule has 2 aromatic heterocycles. The van der Waals surface area contributed by atoms with E-state index in [1.54, 1.807) is 12.1 Å². The van der Waals surface area contributed by atoms with E-state index in [-0.39, 0.29) is 17.5 Å². The van der Waals surface area contributed by atoms with E-state index < -0.39 is 0 Å². The lowest BCUT2D eigenvalue weighted by atomic mass is 10.2. The lowest BCUT2D eigenvalue weighted by Gasteiger charge is -2.02. The highest BCUT2D eigenvalue weighted by atomic mass is 32.1. The predicted molar refractivity (Wildman–Crippen MR) is 86.4 cm³/mol. The molecule has 3 rings (SSSR count). The highest BCUT2D eigenvalue weighted by Crippen LogP contribution is 2.35. The van der Waals surface area contributed by atoms with Gasteiger partial charge in [0.2, 0.25) is 0 Å². The van der Waals surface area contributed by atoms with Crippen LogP contribution in [-0.2, 0) is 0 Å². The smallest absolute Gasteiger partial charge is 0.291 e. The molecule has 0 saturated carbocycles. The van der Waals surface area contributed by atoms with Crippen LogP contribution in [0.15, 0.2) is 59.2 Å². The summed E-state index contributed by atoms with van der Waals surface area (Å²) in [5.41, 5.74) is 1.52. The van der Waals surface area contributed by atoms with E-state index in [1.165, 1.54) is 24.5 Å². The molecule has 3 aromatic rings. The van der Waals surface area contributed by atoms with E-state index in [1.807, 2.05) is 36.4 Å². The molecule has 0 aliphatic rings. The number of carbonyl (C=O) groups is 2. The first-order chi connectivity index (χ1) is 10.6. The van der Waals surface area contributed by atoms with Gasteiger partial charge in [0.05, 0.1) is 16.8 Å². The Bertz CT molecular complexity index is 804. The van der Waals surface area contributed by atoms with Gasteiger partial charge in [-0.05, 0) is 23.8 Å². The van der Waals surface area contributed by atoms with Crippen molar-refractivity contribution in [3.05, 3.63) is 65.4 Å². The van der Waals surface area contributed by atoms with E-state index in [0.29, 0.717) is 10.6 Å². The maximum atomic E-state index is 12.1. The molecule has 0 bridgehead atoms. The SMILES string of the molecule is CC(=O)c1sc(-c2ccccc2)cc1NC(=O)c1ccco1. The van der Waals surface area contributed by atoms with Gasteiger partial charge in [0.15, 0.2) is 11.5 Å². The van der Waals surface area contributed by atoms with Gasteiger partial charge < -0.3 is 9.73 Å². The van der Waals surface area contributed by atoms with Crippen LogP contribution in [0.5, 0.6) is 0 Å². The van der Waals surface area contributed by atoms with Crippen LogP contribution in [-0.4, -0.2) is 11.7 Å². The molecule has 1 N–H and O–H groups in total. The molecule has 0 saturated heterocycles. The van der Waals surface area contributed by atoms with Gasteiger partial charge in [0.1, 0.15) is 0 Å². The minimum Gasteiger partial charge on any atom is -0.459 e. The standard InChI is InChI=1S/C17H13NO3S/c1-11(19)16-13(18-17(20)14-8-5-9-21-14)10-15(22-16)12-6-3-2-4-7-12/h2-10H,1H3,(H,18,20). The second kappa shape index (κ2) is 5.99. The minimum absolute atomic E-state index is 0.0815. The summed E-state index contributed by atoms with van der Waals surface area (Å²) in [6.45, 7) is 1.49. The molecule has 0 radical (unpaired) electrons. The van der Waals surface area contributed by atoms with Crippen molar-refractivity contribution in [2.45, 2.75) is 6.92 Å². The lowest BCUT2D eigenvalue weighted by Crippen LogP contribution is -2.12. The molecule has 0 unspecified atom stereocenters. The van der Waals surface area contributed by atoms with Crippen LogP contribution in [0, 0.1) is 0 Å². The quantitative estimate of drug-likeness (QED) is 0.723. The normalized spacial score (nSPS) is 10.4. The van der Waals surface area contributed by atoms with Crippen molar-refractivity contribution in [3.63, 3.8) is 0 Å². The average molecular weight is 311 g/mol. The van der Waals surface area contributed by atoms with Gasteiger partial charge in [-0.1, -0.05) is 30.3 Å². The number of hydrogen-bond donors (Lipinski definition) is 1. The van der Waals surface area contributed by atoms with E-state index >= 15 is 0 Å². The molecule has 110 valence electrons. The maximum absolute atomic E-state index is 12.1. The van der Waals surface area contributed by atoms with Gasteiger partial charge in [0, 0.05) is 11.8 Å². The molecule has 0 aliphatic carbocycles. The molecule has 1 aromatic carbocycles. The number of benzene rings is 1. The molecule has 0 aliphatic heterocycles. The Balaban J connectivity index is 1.95. The number of carbonyl (C=O) groups excluding carboxylic acids is 2. The maximum Gasteiger partial charge on any atom is 0.291 e. The number of hydrogen-bond acceptors (Lipinski definition) is 4. The highest BCUT2D eigenvalue weighted by Gasteiger charge is 2.17. The molecule has 1 amide bonds. The molecule has 5 heteroatoms. The average Bonchev–Trinajstić information content (AvgIpc) is 3.17. The Labute approximate surface area is 131 Å². The second-order valence-corrected chi connectivity index (χ2v) is 5.76. The van der Waals surface area contributed by atoms with E-state index in [4.69, 9.17) is 4.42 Å². The van der Waals surface area contributed by atoms with Gasteiger partial charge >= 0.3 is 0 Å². The third-order valence-electron chi connectivity index (χ3n) is 3.10. The van der Waals surface area contributed by atoms with E-state index in [9.17, 15) is 9.59 Å². The minimum atomic E-state index is -0.370. The molecular formula is C17H13NO3S. The van der Waals surface area contributed by atoms with Crippen LogP contribution in [0.1, 0.15) is 27.2 Å². The molecule has 2 heterocycles. The molecule has 0 spiro atoms. The molecule has 4 nitrogen and oxygen atoms in total. The Morgan fingerprint density at radius 3 is 2.50 bits per heavy atom. The van der Waals surface area contributed by atoms with Crippen LogP contribution < -0.4 is 5.32 Å². The Kier molecular flexibility index (Phi) is 3.89. The zero-order valence-electron chi connectivity index (χ0n) is 11.8. The summed E-state index contributed by atoms with van der Waals surface area (Å²) in [6, 6.07) is 14.8. The highest BCUT2D eigenvalue weighted by molar-refractivity contribution is 7.18. The lowest BCUT2D eigenvalue weighted by molar-refractivity contribution is 0.0996. The monoisotopic (exact) mass is 311 g/mol. The number of amides is 1. The summed E-state index contributed by atoms with van der Waals surface area (Å²) in [5.74, 6) is -0.242. The number of ketones is 1. The van der Waals surface area contributed by atoms with Gasteiger partial charge in [-0.25, -0.2) is 0 Å². The summed E-state index contributed by atoms with van der Waals surface area (Å²) in [5, 5.41) is 2.74. The summed E-state index contributed by atoms with van der Waals surface area (Å²) in [7, 11) is 0. The van der Waals surface area contributed by atoms with Crippen LogP contribution >= 0.6 is 11.3 Å². The van der Waals surface area contributed by atoms with Crippen molar-refractivity contribution >= 4 is 28.7 Å². The Morgan fingerprint density at radius 1 is 1.09 bits per heavy atom. The largest absolute Gasteiger partial charge is 0.459 e. The Hall–Kier alpha value is -2.66. The summed E-state index contributed by atoms with van der Waals surface area (Å²) in [4.78, 5) is 25.4. The molecule has 0 fully saturated rings. The first-order valence-electron chi connectivity index (χ1n) is 6.70. The molecule has 0 atom stereocenters. The fourth-order valence-corrected chi connectivity index (χ4v) is 3.10. The summed E-state index contributed by atoms with van der Waals surface area (Å²) in [6.07, 6.45) is 1.43. The van der Waals surface area contributed by atoms with Gasteiger partial charge in [-0.15, -0.1) is 11.3 Å². The topological polar surface area (TPSA) is 59.3 Å². The zero-order chi connectivity index (χ0) is 15.5. The summed E-state index contributed by atoms with van der Waals surface area (Å²) < 4.78 is 5.07. The first-order valence-corrected chi connectivity index (χ1v) is 7.52. The number of furan rings is 1. The van der Waals surface area contributed by atoms with Crippen molar-refractivity contribution in [1.29, 1.82) is 0 Å². The Morgan fingerprint density at radius 2 is 1.86 bits per heavy atom. The molecule has 22 heavy (non-hydrogen) atoms. The number of thiophene rings is 1. The van der Waals surface area contributed by atoms with Gasteiger partial charge in [-0.3, -0.25) is 9.59 Å². The summed E-state index contributed by atoms with van der Waals surface area (Å²) >= 11 is 1.37. The first kappa shape index (κ1) is 14.3. The third kappa shape index (κ3) is 2.84. The molecular weight excluding hydrogens is 298 g/mol. The van der Waals surface area contributed by atoms with Gasteiger partial charge in [-0.2, -0.15) is 0 Å². The van der Waals surface area contributed by atoms with Crippen molar-refractivity contribution in [1.82, 2.24) is 0 Å². The number of Topliss-reactive ketones (excluding diaryl/α,β-unsaturated/α-hetero) is 1. The van der Waals surface area contributed by atoms with Gasteiger partial charge in [0.25, 0.3) is 5.91 Å². The third-order valence-corrected chi connectivity index (χ3v) is 4.39. The van der Waals surface area contributed by atoms with Crippen molar-refractivity contribution < 1.29 is 14.0 Å². The van der Waals surface area contributed by atoms with Crippen LogP contribution in [0.3, 0.4) is 0 Å². The van der Waals surface area contributed by atoms with Crippen LogP contribution in [0.25, 0.3) is 10.4 Å². The fraction of sp³-hybridized carbons (Fsp3) is 0.0588. The van der Waals surface area contributed by atoms with Crippen molar-refractivity contribution in [2.24, 2.45) is 0 Å². The fourth-order valence-electron chi connectivity index (χ4n) is 2.08. The number of anilines is 1. The number of nitrogens with one attached hydrogen (secondary N) is 1. The second-order valence-electron chi connectivity index (χ2n) is 4.71. The van der Waals surface area contributed by atoms with Crippen LogP contribution in [0.4, 0.5) is 5.69 Å². The van der Waals surface area contributed by atoms with Crippen molar-refractivity contribution in [2.75, 3.05) is 5.32 Å². The van der Waals surface area contributed by atoms with E-state index in [0.717, 1.165) is 10.4 Å². The van der Waals surface area contributed by atoms with E-state index in [2.05, 4.69) is 5.32 Å².